The van der Waals surface area contributed by atoms with Crippen LogP contribution in [0.25, 0.3) is 0 Å². The van der Waals surface area contributed by atoms with Crippen LogP contribution in [0, 0.1) is 0 Å². The predicted molar refractivity (Wildman–Crippen MR) is 81.6 cm³/mol. The molecule has 1 aliphatic rings. The number of benzene rings is 1. The summed E-state index contributed by atoms with van der Waals surface area (Å²) in [6.45, 7) is 6.15. The Morgan fingerprint density at radius 3 is 2.43 bits per heavy atom. The topological polar surface area (TPSA) is 66.5 Å². The molecule has 1 unspecified atom stereocenters. The summed E-state index contributed by atoms with van der Waals surface area (Å²) in [4.78, 5) is 13.7. The van der Waals surface area contributed by atoms with Crippen molar-refractivity contribution in [3.8, 4) is 0 Å². The lowest BCUT2D eigenvalue weighted by Crippen LogP contribution is -2.44. The molecular weight excluding hydrogens is 312 g/mol. The fourth-order valence-corrected chi connectivity index (χ4v) is 4.13. The number of hydrogen-bond donors (Lipinski definition) is 1. The molecule has 2 rings (SSSR count). The lowest BCUT2D eigenvalue weighted by atomic mass is 10.1. The van der Waals surface area contributed by atoms with Gasteiger partial charge >= 0.3 is 0 Å². The minimum atomic E-state index is -3.73. The van der Waals surface area contributed by atoms with Crippen LogP contribution in [0.5, 0.6) is 0 Å². The maximum Gasteiger partial charge on any atom is 0.242 e. The summed E-state index contributed by atoms with van der Waals surface area (Å²) in [5.74, 6) is -0.0469. The largest absolute Gasteiger partial charge is 0.336 e. The molecule has 7 heteroatoms. The highest BCUT2D eigenvalue weighted by Gasteiger charge is 2.38. The number of halogens is 1. The van der Waals surface area contributed by atoms with Crippen molar-refractivity contribution in [2.75, 3.05) is 6.54 Å². The van der Waals surface area contributed by atoms with Crippen molar-refractivity contribution in [3.05, 3.63) is 29.3 Å². The molecule has 1 aromatic rings. The minimum absolute atomic E-state index is 0.0355. The zero-order chi connectivity index (χ0) is 15.8. The molecule has 1 fully saturated rings. The number of amides is 1. The smallest absolute Gasteiger partial charge is 0.242 e. The van der Waals surface area contributed by atoms with Gasteiger partial charge in [-0.05, 0) is 32.9 Å². The third-order valence-electron chi connectivity index (χ3n) is 3.38. The van der Waals surface area contributed by atoms with E-state index in [1.165, 1.54) is 12.1 Å². The molecule has 21 heavy (non-hydrogen) atoms. The highest BCUT2D eigenvalue weighted by Crippen LogP contribution is 2.25. The quantitative estimate of drug-likeness (QED) is 0.922. The number of carbonyl (C=O) groups is 1. The standard InChI is InChI=1S/C14H19ClN2O3S/c1-14(2,3)17-9-10(8-13(17)18)16-21(19,20)12-7-5-4-6-11(12)15/h4-7,10,16H,8-9H2,1-3H3. The Labute approximate surface area is 130 Å². The van der Waals surface area contributed by atoms with E-state index < -0.39 is 16.1 Å². The van der Waals surface area contributed by atoms with Gasteiger partial charge < -0.3 is 4.90 Å². The van der Waals surface area contributed by atoms with Gasteiger partial charge in [0.1, 0.15) is 4.90 Å². The molecule has 0 aromatic heterocycles. The van der Waals surface area contributed by atoms with E-state index in [0.29, 0.717) is 6.54 Å². The van der Waals surface area contributed by atoms with E-state index in [1.54, 1.807) is 17.0 Å². The molecule has 0 bridgehead atoms. The Balaban J connectivity index is 2.17. The van der Waals surface area contributed by atoms with Gasteiger partial charge in [0.25, 0.3) is 0 Å². The van der Waals surface area contributed by atoms with E-state index in [-0.39, 0.29) is 27.8 Å². The van der Waals surface area contributed by atoms with Gasteiger partial charge in [-0.15, -0.1) is 0 Å². The minimum Gasteiger partial charge on any atom is -0.336 e. The van der Waals surface area contributed by atoms with Crippen molar-refractivity contribution in [1.29, 1.82) is 0 Å². The summed E-state index contributed by atoms with van der Waals surface area (Å²) in [5.41, 5.74) is -0.318. The fraction of sp³-hybridized carbons (Fsp3) is 0.500. The second-order valence-electron chi connectivity index (χ2n) is 6.13. The monoisotopic (exact) mass is 330 g/mol. The molecule has 0 aliphatic carbocycles. The van der Waals surface area contributed by atoms with E-state index in [4.69, 9.17) is 11.6 Å². The van der Waals surface area contributed by atoms with Gasteiger partial charge in [-0.3, -0.25) is 4.79 Å². The maximum atomic E-state index is 12.3. The molecule has 0 radical (unpaired) electrons. The van der Waals surface area contributed by atoms with Crippen LogP contribution >= 0.6 is 11.6 Å². The number of nitrogens with zero attached hydrogens (tertiary/aromatic N) is 1. The first-order chi connectivity index (χ1) is 9.61. The molecule has 1 saturated heterocycles. The number of nitrogens with one attached hydrogen (secondary N) is 1. The van der Waals surface area contributed by atoms with Crippen LogP contribution in [0.4, 0.5) is 0 Å². The second-order valence-corrected chi connectivity index (χ2v) is 8.22. The van der Waals surface area contributed by atoms with Crippen LogP contribution in [-0.4, -0.2) is 37.4 Å². The van der Waals surface area contributed by atoms with E-state index in [2.05, 4.69) is 4.72 Å². The molecule has 1 heterocycles. The van der Waals surface area contributed by atoms with Gasteiger partial charge in [0.2, 0.25) is 15.9 Å². The van der Waals surface area contributed by atoms with Crippen LogP contribution in [0.1, 0.15) is 27.2 Å². The summed E-state index contributed by atoms with van der Waals surface area (Å²) in [5, 5.41) is 0.169. The molecule has 1 atom stereocenters. The van der Waals surface area contributed by atoms with Crippen molar-refractivity contribution < 1.29 is 13.2 Å². The van der Waals surface area contributed by atoms with Crippen LogP contribution in [0.3, 0.4) is 0 Å². The van der Waals surface area contributed by atoms with Crippen molar-refractivity contribution >= 4 is 27.5 Å². The van der Waals surface area contributed by atoms with E-state index in [0.717, 1.165) is 0 Å². The zero-order valence-corrected chi connectivity index (χ0v) is 13.8. The molecular formula is C14H19ClN2O3S. The lowest BCUT2D eigenvalue weighted by molar-refractivity contribution is -0.131. The van der Waals surface area contributed by atoms with Gasteiger partial charge in [-0.25, -0.2) is 13.1 Å². The first kappa shape index (κ1) is 16.3. The normalized spacial score (nSPS) is 20.1. The second kappa shape index (κ2) is 5.59. The van der Waals surface area contributed by atoms with Gasteiger partial charge in [0, 0.05) is 24.5 Å². The number of rotatable bonds is 3. The molecule has 1 amide bonds. The number of hydrogen-bond acceptors (Lipinski definition) is 3. The average Bonchev–Trinajstić information content (AvgIpc) is 2.69. The summed E-state index contributed by atoms with van der Waals surface area (Å²) >= 11 is 5.93. The molecule has 1 N–H and O–H groups in total. The van der Waals surface area contributed by atoms with E-state index >= 15 is 0 Å². The van der Waals surface area contributed by atoms with Crippen LogP contribution in [0.2, 0.25) is 5.02 Å². The third kappa shape index (κ3) is 3.56. The molecule has 5 nitrogen and oxygen atoms in total. The first-order valence-corrected chi connectivity index (χ1v) is 8.55. The SMILES string of the molecule is CC(C)(C)N1CC(NS(=O)(=O)c2ccccc2Cl)CC1=O. The van der Waals surface area contributed by atoms with Crippen LogP contribution in [0.15, 0.2) is 29.2 Å². The zero-order valence-electron chi connectivity index (χ0n) is 12.3. The summed E-state index contributed by atoms with van der Waals surface area (Å²) in [6, 6.07) is 5.82. The van der Waals surface area contributed by atoms with Gasteiger partial charge in [0.05, 0.1) is 5.02 Å². The van der Waals surface area contributed by atoms with E-state index in [1.807, 2.05) is 20.8 Å². The van der Waals surface area contributed by atoms with E-state index in [9.17, 15) is 13.2 Å². The lowest BCUT2D eigenvalue weighted by Gasteiger charge is -2.32. The highest BCUT2D eigenvalue weighted by molar-refractivity contribution is 7.89. The molecule has 1 aromatic carbocycles. The Hall–Kier alpha value is -1.11. The van der Waals surface area contributed by atoms with Gasteiger partial charge in [-0.1, -0.05) is 23.7 Å². The Kier molecular flexibility index (Phi) is 4.33. The number of sulfonamides is 1. The molecule has 0 saturated carbocycles. The highest BCUT2D eigenvalue weighted by atomic mass is 35.5. The van der Waals surface area contributed by atoms with Crippen molar-refractivity contribution in [2.24, 2.45) is 0 Å². The molecule has 116 valence electrons. The predicted octanol–water partition coefficient (Wildman–Crippen LogP) is 2.02. The summed E-state index contributed by atoms with van der Waals surface area (Å²) < 4.78 is 27.3. The number of likely N-dealkylation sites (tertiary alicyclic amines) is 1. The van der Waals surface area contributed by atoms with Gasteiger partial charge in [0.15, 0.2) is 0 Å². The first-order valence-electron chi connectivity index (χ1n) is 6.68. The average molecular weight is 331 g/mol. The van der Waals surface area contributed by atoms with Crippen molar-refractivity contribution in [1.82, 2.24) is 9.62 Å². The molecule has 1 aliphatic heterocycles. The molecule has 0 spiro atoms. The third-order valence-corrected chi connectivity index (χ3v) is 5.40. The summed E-state index contributed by atoms with van der Waals surface area (Å²) in [6.07, 6.45) is 0.168. The Bertz CT molecular complexity index is 652. The van der Waals surface area contributed by atoms with Gasteiger partial charge in [-0.2, -0.15) is 0 Å². The van der Waals surface area contributed by atoms with Crippen molar-refractivity contribution in [2.45, 2.75) is 43.7 Å². The van der Waals surface area contributed by atoms with Crippen molar-refractivity contribution in [3.63, 3.8) is 0 Å². The summed E-state index contributed by atoms with van der Waals surface area (Å²) in [7, 11) is -3.73. The number of carbonyl (C=O) groups excluding carboxylic acids is 1. The fourth-order valence-electron chi connectivity index (χ4n) is 2.38. The van der Waals surface area contributed by atoms with Crippen LogP contribution in [-0.2, 0) is 14.8 Å². The van der Waals surface area contributed by atoms with Crippen LogP contribution < -0.4 is 4.72 Å². The Morgan fingerprint density at radius 1 is 1.29 bits per heavy atom. The maximum absolute atomic E-state index is 12.3. The Morgan fingerprint density at radius 2 is 1.90 bits per heavy atom.